The van der Waals surface area contributed by atoms with Crippen LogP contribution in [0, 0.1) is 10.1 Å². The molecule has 0 amide bonds. The fourth-order valence-electron chi connectivity index (χ4n) is 1.95. The minimum Gasteiger partial charge on any atom is -0.276 e. The first kappa shape index (κ1) is 13.8. The molecule has 2 rings (SSSR count). The maximum absolute atomic E-state index is 10.6. The zero-order valence-electron chi connectivity index (χ0n) is 10.7. The predicted octanol–water partition coefficient (Wildman–Crippen LogP) is 2.50. The number of hydrogen-bond acceptors (Lipinski definition) is 6. The summed E-state index contributed by atoms with van der Waals surface area (Å²) in [6.45, 7) is 1.86. The number of rotatable bonds is 6. The van der Waals surface area contributed by atoms with Crippen LogP contribution >= 0.6 is 0 Å². The van der Waals surface area contributed by atoms with Crippen molar-refractivity contribution in [1.82, 2.24) is 5.01 Å². The fraction of sp³-hybridized carbons (Fsp3) is 0.455. The molecule has 9 heteroatoms. The van der Waals surface area contributed by atoms with Crippen molar-refractivity contribution in [3.8, 4) is 0 Å². The van der Waals surface area contributed by atoms with Crippen molar-refractivity contribution in [3.63, 3.8) is 0 Å². The topological polar surface area (TPSA) is 120 Å². The van der Waals surface area contributed by atoms with Crippen LogP contribution in [-0.4, -0.2) is 35.6 Å². The van der Waals surface area contributed by atoms with Crippen molar-refractivity contribution in [1.29, 1.82) is 0 Å². The zero-order valence-corrected chi connectivity index (χ0v) is 10.7. The van der Waals surface area contributed by atoms with Crippen molar-refractivity contribution < 1.29 is 4.92 Å². The summed E-state index contributed by atoms with van der Waals surface area (Å²) in [4.78, 5) is 13.0. The van der Waals surface area contributed by atoms with E-state index in [4.69, 9.17) is 5.53 Å². The van der Waals surface area contributed by atoms with Crippen LogP contribution in [0.2, 0.25) is 0 Å². The number of nitrogens with zero attached hydrogens (tertiary/aromatic N) is 7. The van der Waals surface area contributed by atoms with Crippen LogP contribution in [0.4, 0.5) is 5.69 Å². The minimum atomic E-state index is -0.445. The number of nitro benzene ring substituents is 1. The van der Waals surface area contributed by atoms with Crippen molar-refractivity contribution >= 4 is 5.69 Å². The van der Waals surface area contributed by atoms with E-state index >= 15 is 0 Å². The van der Waals surface area contributed by atoms with Gasteiger partial charge in [-0.2, -0.15) is 5.11 Å². The van der Waals surface area contributed by atoms with Crippen LogP contribution in [-0.2, 0) is 6.42 Å². The van der Waals surface area contributed by atoms with E-state index in [1.165, 1.54) is 12.1 Å². The van der Waals surface area contributed by atoms with Gasteiger partial charge in [-0.15, -0.1) is 0 Å². The second kappa shape index (κ2) is 6.48. The molecule has 1 atom stereocenters. The number of azide groups is 1. The maximum Gasteiger partial charge on any atom is 0.269 e. The molecule has 20 heavy (non-hydrogen) atoms. The second-order valence-electron chi connectivity index (χ2n) is 4.35. The van der Waals surface area contributed by atoms with Gasteiger partial charge in [0.2, 0.25) is 0 Å². The second-order valence-corrected chi connectivity index (χ2v) is 4.35. The molecule has 0 saturated heterocycles. The molecule has 0 N–H and O–H groups in total. The molecule has 0 aliphatic carbocycles. The summed E-state index contributed by atoms with van der Waals surface area (Å²) in [7, 11) is 0. The Morgan fingerprint density at radius 1 is 1.50 bits per heavy atom. The smallest absolute Gasteiger partial charge is 0.269 e. The van der Waals surface area contributed by atoms with Crippen molar-refractivity contribution in [2.24, 2.45) is 15.5 Å². The maximum atomic E-state index is 10.6. The van der Waals surface area contributed by atoms with Gasteiger partial charge in [-0.05, 0) is 17.5 Å². The molecule has 1 heterocycles. The fourth-order valence-corrected chi connectivity index (χ4v) is 1.95. The Balaban J connectivity index is 2.01. The summed E-state index contributed by atoms with van der Waals surface area (Å²) in [5.41, 5.74) is 9.52. The van der Waals surface area contributed by atoms with E-state index in [0.29, 0.717) is 19.5 Å². The van der Waals surface area contributed by atoms with Crippen LogP contribution in [0.15, 0.2) is 39.7 Å². The Morgan fingerprint density at radius 3 is 2.80 bits per heavy atom. The lowest BCUT2D eigenvalue weighted by Gasteiger charge is -2.17. The van der Waals surface area contributed by atoms with Gasteiger partial charge in [-0.1, -0.05) is 22.5 Å². The molecule has 1 aromatic carbocycles. The Bertz CT molecular complexity index is 550. The van der Waals surface area contributed by atoms with E-state index in [-0.39, 0.29) is 11.7 Å². The minimum absolute atomic E-state index is 0.0439. The summed E-state index contributed by atoms with van der Waals surface area (Å²) in [5, 5.41) is 23.9. The summed E-state index contributed by atoms with van der Waals surface area (Å²) in [6.07, 6.45) is 0.508. The first-order chi connectivity index (χ1) is 9.69. The highest BCUT2D eigenvalue weighted by Crippen LogP contribution is 2.15. The van der Waals surface area contributed by atoms with E-state index < -0.39 is 4.92 Å². The van der Waals surface area contributed by atoms with Crippen molar-refractivity contribution in [2.75, 3.05) is 19.6 Å². The SMILES string of the molecule is [N-]=[N+]=NC(Cc1ccc([N+](=O)[O-])cc1)CN1CCN=N1. The number of benzene rings is 1. The van der Waals surface area contributed by atoms with Gasteiger partial charge in [0, 0.05) is 23.6 Å². The van der Waals surface area contributed by atoms with Gasteiger partial charge in [0.25, 0.3) is 5.69 Å². The van der Waals surface area contributed by atoms with E-state index in [2.05, 4.69) is 20.4 Å². The van der Waals surface area contributed by atoms with Crippen LogP contribution in [0.25, 0.3) is 10.4 Å². The quantitative estimate of drug-likeness (QED) is 0.260. The zero-order chi connectivity index (χ0) is 14.4. The molecule has 0 radical (unpaired) electrons. The third-order valence-corrected chi connectivity index (χ3v) is 2.90. The largest absolute Gasteiger partial charge is 0.276 e. The number of nitro groups is 1. The Hall–Kier alpha value is -2.67. The third kappa shape index (κ3) is 3.66. The van der Waals surface area contributed by atoms with Gasteiger partial charge in [0.05, 0.1) is 24.1 Å². The van der Waals surface area contributed by atoms with E-state index in [9.17, 15) is 10.1 Å². The highest BCUT2D eigenvalue weighted by Gasteiger charge is 2.15. The Morgan fingerprint density at radius 2 is 2.25 bits per heavy atom. The molecule has 0 spiro atoms. The van der Waals surface area contributed by atoms with Crippen LogP contribution in [0.5, 0.6) is 0 Å². The molecule has 0 saturated carbocycles. The van der Waals surface area contributed by atoms with Crippen LogP contribution < -0.4 is 0 Å². The summed E-state index contributed by atoms with van der Waals surface area (Å²) < 4.78 is 0. The van der Waals surface area contributed by atoms with Crippen LogP contribution in [0.3, 0.4) is 0 Å². The van der Waals surface area contributed by atoms with Crippen molar-refractivity contribution in [2.45, 2.75) is 12.5 Å². The molecule has 1 aromatic rings. The van der Waals surface area contributed by atoms with Gasteiger partial charge in [0.15, 0.2) is 0 Å². The lowest BCUT2D eigenvalue weighted by Crippen LogP contribution is -2.27. The lowest BCUT2D eigenvalue weighted by molar-refractivity contribution is -0.384. The average molecular weight is 275 g/mol. The molecule has 0 bridgehead atoms. The van der Waals surface area contributed by atoms with E-state index in [1.807, 2.05) is 0 Å². The Labute approximate surface area is 114 Å². The predicted molar refractivity (Wildman–Crippen MR) is 71.0 cm³/mol. The molecule has 1 unspecified atom stereocenters. The van der Waals surface area contributed by atoms with Crippen molar-refractivity contribution in [3.05, 3.63) is 50.4 Å². The highest BCUT2D eigenvalue weighted by molar-refractivity contribution is 5.33. The summed E-state index contributed by atoms with van der Waals surface area (Å²) in [6, 6.07) is 5.95. The molecule has 1 aliphatic heterocycles. The van der Waals surface area contributed by atoms with Gasteiger partial charge in [-0.3, -0.25) is 15.1 Å². The molecular weight excluding hydrogens is 262 g/mol. The molecule has 1 aliphatic rings. The van der Waals surface area contributed by atoms with Crippen LogP contribution in [0.1, 0.15) is 5.56 Å². The van der Waals surface area contributed by atoms with Gasteiger partial charge in [0.1, 0.15) is 0 Å². The first-order valence-corrected chi connectivity index (χ1v) is 6.09. The molecule has 9 nitrogen and oxygen atoms in total. The number of non-ortho nitro benzene ring substituents is 1. The lowest BCUT2D eigenvalue weighted by atomic mass is 10.1. The highest BCUT2D eigenvalue weighted by atomic mass is 16.6. The van der Waals surface area contributed by atoms with Gasteiger partial charge >= 0.3 is 0 Å². The van der Waals surface area contributed by atoms with Gasteiger partial charge in [-0.25, -0.2) is 0 Å². The van der Waals surface area contributed by atoms with Gasteiger partial charge < -0.3 is 0 Å². The number of hydrogen-bond donors (Lipinski definition) is 0. The molecule has 0 fully saturated rings. The molecule has 0 aromatic heterocycles. The Kier molecular flexibility index (Phi) is 4.46. The first-order valence-electron chi connectivity index (χ1n) is 6.09. The van der Waals surface area contributed by atoms with E-state index in [0.717, 1.165) is 12.1 Å². The molecule has 104 valence electrons. The normalized spacial score (nSPS) is 14.9. The average Bonchev–Trinajstić information content (AvgIpc) is 2.92. The standard InChI is InChI=1S/C11H13N7O2/c12-15-14-10(8-17-6-5-13-16-17)7-9-1-3-11(4-2-9)18(19)20/h1-4,10H,5-8H2. The summed E-state index contributed by atoms with van der Waals surface area (Å²) >= 11 is 0. The monoisotopic (exact) mass is 275 g/mol. The van der Waals surface area contributed by atoms with E-state index in [1.54, 1.807) is 17.1 Å². The summed E-state index contributed by atoms with van der Waals surface area (Å²) in [5.74, 6) is 0. The molecular formula is C11H13N7O2. The third-order valence-electron chi connectivity index (χ3n) is 2.90.